The van der Waals surface area contributed by atoms with Crippen molar-refractivity contribution < 1.29 is 15.0 Å². The molecule has 0 amide bonds. The Morgan fingerprint density at radius 2 is 1.83 bits per heavy atom. The first-order valence-corrected chi connectivity index (χ1v) is 9.04. The van der Waals surface area contributed by atoms with E-state index in [0.29, 0.717) is 18.3 Å². The molecular formula is C20H28O3. The van der Waals surface area contributed by atoms with Crippen LogP contribution in [0.1, 0.15) is 52.9 Å². The number of carbonyl (C=O) groups excluding carboxylic acids is 1. The third-order valence-electron chi connectivity index (χ3n) is 8.14. The molecule has 3 fully saturated rings. The molecule has 126 valence electrons. The number of carbonyl (C=O) groups is 1. The van der Waals surface area contributed by atoms with E-state index in [0.717, 1.165) is 31.3 Å². The van der Waals surface area contributed by atoms with Crippen molar-refractivity contribution in [1.29, 1.82) is 0 Å². The van der Waals surface area contributed by atoms with Crippen LogP contribution in [-0.4, -0.2) is 27.7 Å². The average molecular weight is 316 g/mol. The molecular weight excluding hydrogens is 288 g/mol. The lowest BCUT2D eigenvalue weighted by Gasteiger charge is -2.59. The summed E-state index contributed by atoms with van der Waals surface area (Å²) in [5.74, 6) is 1.01. The Kier molecular flexibility index (Phi) is 3.10. The quantitative estimate of drug-likeness (QED) is 0.722. The van der Waals surface area contributed by atoms with E-state index in [9.17, 15) is 15.0 Å². The van der Waals surface area contributed by atoms with E-state index >= 15 is 0 Å². The zero-order valence-electron chi connectivity index (χ0n) is 14.4. The van der Waals surface area contributed by atoms with Gasteiger partial charge in [-0.25, -0.2) is 0 Å². The van der Waals surface area contributed by atoms with Crippen LogP contribution in [0.5, 0.6) is 0 Å². The second kappa shape index (κ2) is 4.58. The first kappa shape index (κ1) is 15.6. The number of aliphatic hydroxyl groups is 2. The zero-order chi connectivity index (χ0) is 16.6. The molecule has 0 aromatic rings. The molecule has 2 N–H and O–H groups in total. The molecule has 3 nitrogen and oxygen atoms in total. The first-order valence-electron chi connectivity index (χ1n) is 9.04. The van der Waals surface area contributed by atoms with Gasteiger partial charge in [-0.3, -0.25) is 4.79 Å². The zero-order valence-corrected chi connectivity index (χ0v) is 14.4. The first-order chi connectivity index (χ1) is 10.7. The summed E-state index contributed by atoms with van der Waals surface area (Å²) in [6, 6.07) is 0. The van der Waals surface area contributed by atoms with Gasteiger partial charge in [0.1, 0.15) is 0 Å². The minimum Gasteiger partial charge on any atom is -0.392 e. The maximum atomic E-state index is 11.8. The molecule has 0 aromatic heterocycles. The highest BCUT2D eigenvalue weighted by atomic mass is 16.3. The van der Waals surface area contributed by atoms with Gasteiger partial charge in [0.2, 0.25) is 0 Å². The van der Waals surface area contributed by atoms with Crippen molar-refractivity contribution in [2.24, 2.45) is 28.6 Å². The summed E-state index contributed by atoms with van der Waals surface area (Å²) < 4.78 is 0. The second-order valence-electron chi connectivity index (χ2n) is 9.02. The Morgan fingerprint density at radius 1 is 1.13 bits per heavy atom. The molecule has 0 aliphatic heterocycles. The Labute approximate surface area is 138 Å². The summed E-state index contributed by atoms with van der Waals surface area (Å²) in [5.41, 5.74) is 0.277. The van der Waals surface area contributed by atoms with Gasteiger partial charge in [0.05, 0.1) is 11.7 Å². The van der Waals surface area contributed by atoms with Crippen LogP contribution in [0.4, 0.5) is 0 Å². The maximum absolute atomic E-state index is 11.8. The Hall–Kier alpha value is -0.930. The number of fused-ring (bicyclic) bond motifs is 5. The predicted octanol–water partition coefficient (Wildman–Crippen LogP) is 3.02. The van der Waals surface area contributed by atoms with Crippen molar-refractivity contribution in [3.63, 3.8) is 0 Å². The maximum Gasteiger partial charge on any atom is 0.178 e. The Bertz CT molecular complexity index is 616. The van der Waals surface area contributed by atoms with Gasteiger partial charge in [-0.1, -0.05) is 25.5 Å². The lowest BCUT2D eigenvalue weighted by molar-refractivity contribution is -0.139. The fraction of sp³-hybridized carbons (Fsp3) is 0.750. The van der Waals surface area contributed by atoms with Gasteiger partial charge in [-0.2, -0.15) is 0 Å². The second-order valence-corrected chi connectivity index (χ2v) is 9.02. The van der Waals surface area contributed by atoms with Crippen LogP contribution in [-0.2, 0) is 4.79 Å². The number of hydrogen-bond acceptors (Lipinski definition) is 3. The molecule has 0 radical (unpaired) electrons. The molecule has 0 spiro atoms. The number of ketones is 1. The van der Waals surface area contributed by atoms with Crippen LogP contribution in [0.15, 0.2) is 23.8 Å². The van der Waals surface area contributed by atoms with Crippen molar-refractivity contribution in [2.45, 2.75) is 64.6 Å². The predicted molar refractivity (Wildman–Crippen MR) is 88.6 cm³/mol. The summed E-state index contributed by atoms with van der Waals surface area (Å²) in [7, 11) is 0. The highest BCUT2D eigenvalue weighted by molar-refractivity contribution is 6.01. The average Bonchev–Trinajstić information content (AvgIpc) is 2.72. The molecule has 0 bridgehead atoms. The minimum atomic E-state index is -0.627. The fourth-order valence-corrected chi connectivity index (χ4v) is 6.42. The van der Waals surface area contributed by atoms with Crippen LogP contribution >= 0.6 is 0 Å². The molecule has 3 heteroatoms. The summed E-state index contributed by atoms with van der Waals surface area (Å²) >= 11 is 0. The Balaban J connectivity index is 1.76. The molecule has 7 atom stereocenters. The van der Waals surface area contributed by atoms with Gasteiger partial charge in [-0.05, 0) is 74.3 Å². The topological polar surface area (TPSA) is 57.5 Å². The normalized spacial score (nSPS) is 55.0. The van der Waals surface area contributed by atoms with E-state index in [1.807, 2.05) is 6.92 Å². The van der Waals surface area contributed by atoms with Crippen molar-refractivity contribution in [3.05, 3.63) is 23.8 Å². The SMILES string of the molecule is C[C@]12C=CC(=O)C=C1C[C@H](O)[C@@H]1[C@@H]2CC[C@@]2(C)[C@H]1CC[C@]2(C)O. The third-order valence-corrected chi connectivity index (χ3v) is 8.14. The molecule has 23 heavy (non-hydrogen) atoms. The van der Waals surface area contributed by atoms with E-state index in [4.69, 9.17) is 0 Å². The van der Waals surface area contributed by atoms with E-state index in [1.54, 1.807) is 12.2 Å². The smallest absolute Gasteiger partial charge is 0.178 e. The van der Waals surface area contributed by atoms with Crippen molar-refractivity contribution in [3.8, 4) is 0 Å². The fourth-order valence-electron chi connectivity index (χ4n) is 6.42. The number of aliphatic hydroxyl groups excluding tert-OH is 1. The van der Waals surface area contributed by atoms with Gasteiger partial charge in [0, 0.05) is 5.41 Å². The number of rotatable bonds is 0. The molecule has 4 aliphatic rings. The van der Waals surface area contributed by atoms with Crippen molar-refractivity contribution in [2.75, 3.05) is 0 Å². The summed E-state index contributed by atoms with van der Waals surface area (Å²) in [6.45, 7) is 6.44. The summed E-state index contributed by atoms with van der Waals surface area (Å²) in [6.07, 6.45) is 9.59. The Morgan fingerprint density at radius 3 is 2.57 bits per heavy atom. The molecule has 4 rings (SSSR count). The monoisotopic (exact) mass is 316 g/mol. The molecule has 0 saturated heterocycles. The van der Waals surface area contributed by atoms with E-state index in [2.05, 4.69) is 19.9 Å². The largest absolute Gasteiger partial charge is 0.392 e. The van der Waals surface area contributed by atoms with Gasteiger partial charge in [0.15, 0.2) is 5.78 Å². The third kappa shape index (κ3) is 1.87. The van der Waals surface area contributed by atoms with E-state index < -0.39 is 11.7 Å². The van der Waals surface area contributed by atoms with Crippen molar-refractivity contribution in [1.82, 2.24) is 0 Å². The molecule has 4 aliphatic carbocycles. The van der Waals surface area contributed by atoms with Gasteiger partial charge >= 0.3 is 0 Å². The number of hydrogen-bond donors (Lipinski definition) is 2. The van der Waals surface area contributed by atoms with Crippen LogP contribution in [0.3, 0.4) is 0 Å². The molecule has 0 unspecified atom stereocenters. The van der Waals surface area contributed by atoms with Gasteiger partial charge in [0.25, 0.3) is 0 Å². The van der Waals surface area contributed by atoms with Gasteiger partial charge in [-0.15, -0.1) is 0 Å². The molecule has 0 aromatic carbocycles. The van der Waals surface area contributed by atoms with E-state index in [-0.39, 0.29) is 22.5 Å². The van der Waals surface area contributed by atoms with Crippen LogP contribution in [0, 0.1) is 28.6 Å². The van der Waals surface area contributed by atoms with E-state index in [1.165, 1.54) is 0 Å². The highest BCUT2D eigenvalue weighted by Crippen LogP contribution is 2.66. The van der Waals surface area contributed by atoms with Crippen LogP contribution in [0.2, 0.25) is 0 Å². The minimum absolute atomic E-state index is 0.0487. The van der Waals surface area contributed by atoms with Crippen LogP contribution < -0.4 is 0 Å². The summed E-state index contributed by atoms with van der Waals surface area (Å²) in [4.78, 5) is 11.8. The standard InChI is InChI=1S/C20H28O3/c1-18-7-4-13(21)10-12(18)11-16(22)17-14(18)5-8-19(2)15(17)6-9-20(19,3)23/h4,7,10,14-17,22-23H,5-6,8-9,11H2,1-3H3/t14-,15-,16-,17+,18-,19-,20-/m0/s1. The lowest BCUT2D eigenvalue weighted by Crippen LogP contribution is -2.57. The lowest BCUT2D eigenvalue weighted by atomic mass is 9.46. The molecule has 3 saturated carbocycles. The number of allylic oxidation sites excluding steroid dienone is 3. The van der Waals surface area contributed by atoms with Crippen molar-refractivity contribution >= 4 is 5.78 Å². The van der Waals surface area contributed by atoms with Gasteiger partial charge < -0.3 is 10.2 Å². The molecule has 0 heterocycles. The van der Waals surface area contributed by atoms with Crippen LogP contribution in [0.25, 0.3) is 0 Å². The highest BCUT2D eigenvalue weighted by Gasteiger charge is 2.63. The summed E-state index contributed by atoms with van der Waals surface area (Å²) in [5, 5.41) is 21.8.